The van der Waals surface area contributed by atoms with Gasteiger partial charge in [-0.2, -0.15) is 0 Å². The summed E-state index contributed by atoms with van der Waals surface area (Å²) in [5.74, 6) is -1.61. The molecule has 1 aliphatic heterocycles. The number of hydrogen-bond acceptors (Lipinski definition) is 11. The molecule has 0 radical (unpaired) electrons. The fourth-order valence-corrected chi connectivity index (χ4v) is 8.09. The lowest BCUT2D eigenvalue weighted by molar-refractivity contribution is -0.142. The van der Waals surface area contributed by atoms with Gasteiger partial charge in [-0.05, 0) is 99.0 Å². The van der Waals surface area contributed by atoms with Crippen molar-refractivity contribution in [2.75, 3.05) is 13.2 Å². The Labute approximate surface area is 280 Å². The third-order valence-electron chi connectivity index (χ3n) is 7.96. The largest absolute Gasteiger partial charge is 0.490 e. The number of carbonyl (C=O) groups excluding carboxylic acids is 3. The van der Waals surface area contributed by atoms with Crippen LogP contribution in [-0.2, 0) is 19.0 Å². The number of rotatable bonds is 8. The monoisotopic (exact) mass is 680 g/mol. The van der Waals surface area contributed by atoms with Crippen LogP contribution in [0.15, 0.2) is 78.9 Å². The summed E-state index contributed by atoms with van der Waals surface area (Å²) in [6, 6.07) is 15.8. The summed E-state index contributed by atoms with van der Waals surface area (Å²) in [4.78, 5) is 40.2. The van der Waals surface area contributed by atoms with E-state index in [0.717, 1.165) is 33.5 Å². The van der Waals surface area contributed by atoms with Crippen LogP contribution in [0.4, 0.5) is 0 Å². The lowest BCUT2D eigenvalue weighted by atomic mass is 9.89. The standard InChI is InChI=1S/C35H36O8S3/c1-22-7-3-2-4-8-24-19-25(36)20-29(24)30(15-16-32(37)42-22)43-35(39)28-10-6-5-9-27(28)34(38)41-18-17-40-26-13-11-23(12-14-26)31-21-33(44)46-45-31/h4-6,8-16,21-22,24-25,29-30,36H,2-3,7,17-20H2,1H3/b8-4+,16-15+/t22-,24+,25-,29+,30+/m0/s1. The Hall–Kier alpha value is -3.64. The van der Waals surface area contributed by atoms with Crippen LogP contribution in [0, 0.1) is 15.7 Å². The van der Waals surface area contributed by atoms with Gasteiger partial charge in [-0.3, -0.25) is 0 Å². The summed E-state index contributed by atoms with van der Waals surface area (Å²) in [6.07, 6.45) is 8.69. The molecule has 2 aromatic carbocycles. The van der Waals surface area contributed by atoms with E-state index in [1.54, 1.807) is 32.8 Å². The van der Waals surface area contributed by atoms with Crippen LogP contribution in [0.3, 0.4) is 0 Å². The number of carbonyl (C=O) groups is 3. The van der Waals surface area contributed by atoms with E-state index in [1.807, 2.05) is 37.3 Å². The smallest absolute Gasteiger partial charge is 0.339 e. The molecule has 242 valence electrons. The van der Waals surface area contributed by atoms with Gasteiger partial charge in [0.2, 0.25) is 0 Å². The third kappa shape index (κ3) is 9.22. The Bertz CT molecular complexity index is 1620. The average Bonchev–Trinajstić information content (AvgIpc) is 3.65. The van der Waals surface area contributed by atoms with Gasteiger partial charge in [0.15, 0.2) is 0 Å². The first kappa shape index (κ1) is 33.7. The van der Waals surface area contributed by atoms with E-state index < -0.39 is 30.1 Å². The summed E-state index contributed by atoms with van der Waals surface area (Å²) < 4.78 is 23.5. The van der Waals surface area contributed by atoms with Crippen molar-refractivity contribution in [1.29, 1.82) is 0 Å². The molecular formula is C35H36O8S3. The second-order valence-electron chi connectivity index (χ2n) is 11.3. The highest BCUT2D eigenvalue weighted by atomic mass is 32.9. The van der Waals surface area contributed by atoms with E-state index in [0.29, 0.717) is 18.6 Å². The number of benzene rings is 2. The van der Waals surface area contributed by atoms with Crippen LogP contribution < -0.4 is 4.74 Å². The topological polar surface area (TPSA) is 108 Å². The van der Waals surface area contributed by atoms with E-state index in [1.165, 1.54) is 24.3 Å². The highest BCUT2D eigenvalue weighted by Crippen LogP contribution is 2.38. The SMILES string of the molecule is C[C@H]1CCC/C=C/[C@@H]2C[C@H](O)C[C@H]2[C@H](OC(=O)c2ccccc2C(=O)OCCOc2ccc(-c3cc(=S)ss3)cc2)/C=C/C(=O)O1. The summed E-state index contributed by atoms with van der Waals surface area (Å²) in [5.41, 5.74) is 1.14. The zero-order chi connectivity index (χ0) is 32.5. The van der Waals surface area contributed by atoms with E-state index in [9.17, 15) is 19.5 Å². The number of esters is 3. The highest BCUT2D eigenvalue weighted by Gasteiger charge is 2.38. The maximum absolute atomic E-state index is 13.5. The second kappa shape index (κ2) is 16.3. The Morgan fingerprint density at radius 3 is 2.50 bits per heavy atom. The second-order valence-corrected chi connectivity index (χ2v) is 14.2. The zero-order valence-electron chi connectivity index (χ0n) is 25.4. The highest BCUT2D eigenvalue weighted by molar-refractivity contribution is 7.80. The molecule has 0 bridgehead atoms. The fraction of sp³-hybridized carbons (Fsp3) is 0.371. The quantitative estimate of drug-likeness (QED) is 0.0643. The zero-order valence-corrected chi connectivity index (χ0v) is 27.8. The molecule has 2 heterocycles. The minimum atomic E-state index is -0.828. The molecule has 11 heteroatoms. The average molecular weight is 681 g/mol. The summed E-state index contributed by atoms with van der Waals surface area (Å²) in [5, 5.41) is 10.5. The van der Waals surface area contributed by atoms with E-state index in [-0.39, 0.29) is 42.3 Å². The van der Waals surface area contributed by atoms with Crippen molar-refractivity contribution in [3.8, 4) is 16.2 Å². The first-order valence-electron chi connectivity index (χ1n) is 15.3. The number of aliphatic hydroxyl groups excluding tert-OH is 1. The van der Waals surface area contributed by atoms with Crippen molar-refractivity contribution in [3.05, 3.63) is 93.9 Å². The van der Waals surface area contributed by atoms with Gasteiger partial charge in [-0.1, -0.05) is 57.2 Å². The van der Waals surface area contributed by atoms with Crippen molar-refractivity contribution in [1.82, 2.24) is 0 Å². The Kier molecular flexibility index (Phi) is 11.9. The molecule has 46 heavy (non-hydrogen) atoms. The van der Waals surface area contributed by atoms with Crippen LogP contribution in [0.25, 0.3) is 10.4 Å². The first-order valence-corrected chi connectivity index (χ1v) is 17.9. The fourth-order valence-electron chi connectivity index (χ4n) is 5.69. The molecule has 0 spiro atoms. The number of allylic oxidation sites excluding steroid dienone is 2. The molecule has 1 N–H and O–H groups in total. The lowest BCUT2D eigenvalue weighted by Gasteiger charge is -2.25. The maximum atomic E-state index is 13.5. The van der Waals surface area contributed by atoms with Gasteiger partial charge in [0, 0.05) is 16.9 Å². The van der Waals surface area contributed by atoms with E-state index >= 15 is 0 Å². The van der Waals surface area contributed by atoms with Crippen molar-refractivity contribution >= 4 is 50.8 Å². The number of ether oxygens (including phenoxy) is 4. The van der Waals surface area contributed by atoms with Crippen molar-refractivity contribution in [2.24, 2.45) is 11.8 Å². The van der Waals surface area contributed by atoms with E-state index in [4.69, 9.17) is 31.2 Å². The van der Waals surface area contributed by atoms with Crippen LogP contribution in [0.1, 0.15) is 59.7 Å². The van der Waals surface area contributed by atoms with Crippen molar-refractivity contribution in [3.63, 3.8) is 0 Å². The summed E-state index contributed by atoms with van der Waals surface area (Å²) in [6.45, 7) is 1.94. The lowest BCUT2D eigenvalue weighted by Crippen LogP contribution is -2.29. The van der Waals surface area contributed by atoms with Gasteiger partial charge in [-0.15, -0.1) is 0 Å². The number of hydrogen-bond donors (Lipinski definition) is 1. The van der Waals surface area contributed by atoms with Gasteiger partial charge in [-0.25, -0.2) is 14.4 Å². The summed E-state index contributed by atoms with van der Waals surface area (Å²) in [7, 11) is 3.18. The molecular weight excluding hydrogens is 645 g/mol. The molecule has 1 aliphatic carbocycles. The molecule has 0 unspecified atom stereocenters. The number of fused-ring (bicyclic) bond motifs is 1. The van der Waals surface area contributed by atoms with Crippen molar-refractivity contribution < 1.29 is 38.4 Å². The van der Waals surface area contributed by atoms with E-state index in [2.05, 4.69) is 12.2 Å². The van der Waals surface area contributed by atoms with Gasteiger partial charge in [0.25, 0.3) is 0 Å². The predicted octanol–water partition coefficient (Wildman–Crippen LogP) is 7.58. The molecule has 1 fully saturated rings. The van der Waals surface area contributed by atoms with Gasteiger partial charge >= 0.3 is 17.9 Å². The number of aliphatic hydroxyl groups is 1. The summed E-state index contributed by atoms with van der Waals surface area (Å²) >= 11 is 5.21. The minimum Gasteiger partial charge on any atom is -0.490 e. The van der Waals surface area contributed by atoms with Crippen LogP contribution >= 0.6 is 32.9 Å². The van der Waals surface area contributed by atoms with Crippen LogP contribution in [0.2, 0.25) is 0 Å². The predicted molar refractivity (Wildman–Crippen MR) is 180 cm³/mol. The van der Waals surface area contributed by atoms with Gasteiger partial charge in [0.1, 0.15) is 28.9 Å². The molecule has 3 aromatic rings. The van der Waals surface area contributed by atoms with Crippen molar-refractivity contribution in [2.45, 2.75) is 57.3 Å². The first-order chi connectivity index (χ1) is 22.3. The van der Waals surface area contributed by atoms with Gasteiger partial charge < -0.3 is 24.1 Å². The molecule has 8 nitrogen and oxygen atoms in total. The molecule has 0 amide bonds. The molecule has 0 saturated heterocycles. The molecule has 1 aromatic heterocycles. The maximum Gasteiger partial charge on any atom is 0.339 e. The van der Waals surface area contributed by atoms with Gasteiger partial charge in [0.05, 0.1) is 23.3 Å². The molecule has 5 rings (SSSR count). The number of cyclic esters (lactones) is 1. The minimum absolute atomic E-state index is 0.0320. The molecule has 2 aliphatic rings. The molecule has 1 saturated carbocycles. The Balaban J connectivity index is 1.22. The van der Waals surface area contributed by atoms with Crippen LogP contribution in [-0.4, -0.2) is 54.5 Å². The third-order valence-corrected chi connectivity index (χ3v) is 10.9. The Morgan fingerprint density at radius 1 is 1.00 bits per heavy atom. The Morgan fingerprint density at radius 2 is 1.76 bits per heavy atom. The normalized spacial score (nSPS) is 24.7. The van der Waals surface area contributed by atoms with Crippen LogP contribution in [0.5, 0.6) is 5.75 Å². The molecule has 5 atom stereocenters.